The van der Waals surface area contributed by atoms with Crippen LogP contribution in [0.25, 0.3) is 16.9 Å². The van der Waals surface area contributed by atoms with Crippen molar-refractivity contribution in [3.8, 4) is 16.9 Å². The van der Waals surface area contributed by atoms with Crippen LogP contribution in [-0.4, -0.2) is 39.2 Å². The van der Waals surface area contributed by atoms with Crippen molar-refractivity contribution in [2.75, 3.05) is 17.7 Å². The summed E-state index contributed by atoms with van der Waals surface area (Å²) in [5, 5.41) is 7.65. The number of amides is 1. The zero-order chi connectivity index (χ0) is 25.1. The van der Waals surface area contributed by atoms with Gasteiger partial charge in [-0.05, 0) is 49.2 Å². The molecule has 182 valence electrons. The number of nitrogens with two attached hydrogens (primary N) is 1. The summed E-state index contributed by atoms with van der Waals surface area (Å²) in [6.07, 6.45) is 2.08. The number of Topliss-reactive ketones (excluding diaryl/α,β-unsaturated/α-hetero) is 1. The molecule has 3 N–H and O–H groups in total. The second-order valence-electron chi connectivity index (χ2n) is 8.50. The van der Waals surface area contributed by atoms with Gasteiger partial charge in [0.05, 0.1) is 28.1 Å². The number of rotatable bonds is 8. The second-order valence-corrected chi connectivity index (χ2v) is 8.91. The fraction of sp³-hybridized carbons (Fsp3) is 0.185. The summed E-state index contributed by atoms with van der Waals surface area (Å²) in [4.78, 5) is 30.5. The summed E-state index contributed by atoms with van der Waals surface area (Å²) in [7, 11) is 0. The van der Waals surface area contributed by atoms with Crippen molar-refractivity contribution in [3.05, 3.63) is 89.1 Å². The van der Waals surface area contributed by atoms with E-state index in [1.54, 1.807) is 47.1 Å². The SMILES string of the molecule is Nc1cccc(-c2ccc(Cl)c(C(=O)Nc3cc(C(=O)CCC4CCO4)nn3-c3ccccc3)c2)n1. The third-order valence-electron chi connectivity index (χ3n) is 6.00. The van der Waals surface area contributed by atoms with E-state index in [0.717, 1.165) is 13.0 Å². The van der Waals surface area contributed by atoms with Gasteiger partial charge in [0.25, 0.3) is 5.91 Å². The maximum atomic E-state index is 13.3. The lowest BCUT2D eigenvalue weighted by molar-refractivity contribution is -0.0542. The predicted molar refractivity (Wildman–Crippen MR) is 139 cm³/mol. The smallest absolute Gasteiger partial charge is 0.258 e. The molecule has 0 bridgehead atoms. The van der Waals surface area contributed by atoms with Crippen LogP contribution in [0.15, 0.2) is 72.8 Å². The maximum absolute atomic E-state index is 13.3. The van der Waals surface area contributed by atoms with Crippen LogP contribution in [0.5, 0.6) is 0 Å². The number of carbonyl (C=O) groups is 2. The maximum Gasteiger partial charge on any atom is 0.258 e. The number of pyridine rings is 1. The van der Waals surface area contributed by atoms with Crippen molar-refractivity contribution < 1.29 is 14.3 Å². The predicted octanol–water partition coefficient (Wildman–Crippen LogP) is 5.17. The minimum absolute atomic E-state index is 0.108. The van der Waals surface area contributed by atoms with Gasteiger partial charge in [0.2, 0.25) is 0 Å². The average molecular weight is 502 g/mol. The molecule has 36 heavy (non-hydrogen) atoms. The molecule has 5 rings (SSSR count). The van der Waals surface area contributed by atoms with Crippen LogP contribution < -0.4 is 11.1 Å². The van der Waals surface area contributed by atoms with Gasteiger partial charge in [0.15, 0.2) is 5.78 Å². The topological polar surface area (TPSA) is 112 Å². The third-order valence-corrected chi connectivity index (χ3v) is 6.33. The van der Waals surface area contributed by atoms with Gasteiger partial charge in [0, 0.05) is 24.7 Å². The fourth-order valence-electron chi connectivity index (χ4n) is 3.96. The molecule has 3 heterocycles. The Labute approximate surface area is 213 Å². The molecule has 2 aromatic carbocycles. The first kappa shape index (κ1) is 23.7. The molecular formula is C27H24ClN5O3. The minimum atomic E-state index is -0.440. The monoisotopic (exact) mass is 501 g/mol. The Morgan fingerprint density at radius 3 is 2.61 bits per heavy atom. The Bertz CT molecular complexity index is 1420. The summed E-state index contributed by atoms with van der Waals surface area (Å²) in [5.74, 6) is 0.187. The van der Waals surface area contributed by atoms with Crippen molar-refractivity contribution in [1.82, 2.24) is 14.8 Å². The zero-order valence-corrected chi connectivity index (χ0v) is 20.1. The van der Waals surface area contributed by atoms with Crippen LogP contribution in [-0.2, 0) is 4.74 Å². The first-order chi connectivity index (χ1) is 17.5. The lowest BCUT2D eigenvalue weighted by atomic mass is 10.0. The Balaban J connectivity index is 1.43. The standard InChI is InChI=1S/C27H24ClN5O3/c28-21-11-9-17(22-7-4-8-25(29)30-22)15-20(21)27(35)31-26-16-23(24(34)12-10-19-13-14-36-19)32-33(26)18-5-2-1-3-6-18/h1-9,11,15-16,19H,10,12-14H2,(H2,29,30)(H,31,35). The summed E-state index contributed by atoms with van der Waals surface area (Å²) in [6, 6.07) is 21.2. The number of anilines is 2. The highest BCUT2D eigenvalue weighted by Gasteiger charge is 2.23. The normalized spacial score (nSPS) is 14.8. The van der Waals surface area contributed by atoms with Gasteiger partial charge < -0.3 is 15.8 Å². The largest absolute Gasteiger partial charge is 0.384 e. The molecule has 0 spiro atoms. The molecule has 8 nitrogen and oxygen atoms in total. The molecule has 1 fully saturated rings. The van der Waals surface area contributed by atoms with Gasteiger partial charge in [-0.1, -0.05) is 41.9 Å². The molecular weight excluding hydrogens is 478 g/mol. The number of hydrogen-bond acceptors (Lipinski definition) is 6. The third kappa shape index (κ3) is 5.15. The number of aromatic nitrogens is 3. The molecule has 0 radical (unpaired) electrons. The van der Waals surface area contributed by atoms with Crippen molar-refractivity contribution in [2.45, 2.75) is 25.4 Å². The number of nitrogen functional groups attached to an aromatic ring is 1. The lowest BCUT2D eigenvalue weighted by Gasteiger charge is -2.25. The summed E-state index contributed by atoms with van der Waals surface area (Å²) in [6.45, 7) is 0.745. The molecule has 1 amide bonds. The first-order valence-corrected chi connectivity index (χ1v) is 12.0. The quantitative estimate of drug-likeness (QED) is 0.322. The van der Waals surface area contributed by atoms with Crippen LogP contribution in [0.4, 0.5) is 11.6 Å². The van der Waals surface area contributed by atoms with E-state index in [9.17, 15) is 9.59 Å². The van der Waals surface area contributed by atoms with E-state index < -0.39 is 5.91 Å². The number of nitrogens with zero attached hydrogens (tertiary/aromatic N) is 3. The fourth-order valence-corrected chi connectivity index (χ4v) is 4.16. The number of ketones is 1. The Kier molecular flexibility index (Phi) is 6.79. The molecule has 1 unspecified atom stereocenters. The van der Waals surface area contributed by atoms with Gasteiger partial charge in [-0.15, -0.1) is 0 Å². The zero-order valence-electron chi connectivity index (χ0n) is 19.4. The highest BCUT2D eigenvalue weighted by Crippen LogP contribution is 2.27. The van der Waals surface area contributed by atoms with E-state index in [-0.39, 0.29) is 28.2 Å². The molecule has 0 saturated carbocycles. The van der Waals surface area contributed by atoms with Gasteiger partial charge in [-0.3, -0.25) is 9.59 Å². The number of halogens is 1. The van der Waals surface area contributed by atoms with E-state index in [4.69, 9.17) is 22.1 Å². The van der Waals surface area contributed by atoms with Crippen molar-refractivity contribution >= 4 is 34.9 Å². The van der Waals surface area contributed by atoms with E-state index in [0.29, 0.717) is 41.4 Å². The van der Waals surface area contributed by atoms with E-state index >= 15 is 0 Å². The molecule has 9 heteroatoms. The average Bonchev–Trinajstić information content (AvgIpc) is 3.27. The van der Waals surface area contributed by atoms with E-state index in [2.05, 4.69) is 15.4 Å². The van der Waals surface area contributed by atoms with E-state index in [1.807, 2.05) is 30.3 Å². The molecule has 2 aromatic heterocycles. The highest BCUT2D eigenvalue weighted by atomic mass is 35.5. The number of para-hydroxylation sites is 1. The molecule has 1 aliphatic rings. The highest BCUT2D eigenvalue weighted by molar-refractivity contribution is 6.34. The summed E-state index contributed by atoms with van der Waals surface area (Å²) < 4.78 is 6.96. The number of hydrogen-bond donors (Lipinski definition) is 2. The number of benzene rings is 2. The number of nitrogens with one attached hydrogen (secondary N) is 1. The van der Waals surface area contributed by atoms with Gasteiger partial charge in [0.1, 0.15) is 17.3 Å². The molecule has 1 saturated heterocycles. The van der Waals surface area contributed by atoms with Crippen LogP contribution in [0.3, 0.4) is 0 Å². The van der Waals surface area contributed by atoms with Crippen molar-refractivity contribution in [3.63, 3.8) is 0 Å². The van der Waals surface area contributed by atoms with Crippen LogP contribution in [0.2, 0.25) is 5.02 Å². The molecule has 4 aromatic rings. The van der Waals surface area contributed by atoms with Crippen LogP contribution >= 0.6 is 11.6 Å². The Morgan fingerprint density at radius 2 is 1.89 bits per heavy atom. The van der Waals surface area contributed by atoms with Gasteiger partial charge in [-0.25, -0.2) is 9.67 Å². The minimum Gasteiger partial charge on any atom is -0.384 e. The van der Waals surface area contributed by atoms with E-state index in [1.165, 1.54) is 0 Å². The van der Waals surface area contributed by atoms with Crippen LogP contribution in [0, 0.1) is 0 Å². The van der Waals surface area contributed by atoms with Crippen molar-refractivity contribution in [2.24, 2.45) is 0 Å². The molecule has 0 aliphatic carbocycles. The number of carbonyl (C=O) groups excluding carboxylic acids is 2. The first-order valence-electron chi connectivity index (χ1n) is 11.6. The molecule has 1 atom stereocenters. The Morgan fingerprint density at radius 1 is 1.08 bits per heavy atom. The summed E-state index contributed by atoms with van der Waals surface area (Å²) in [5.41, 5.74) is 8.37. The van der Waals surface area contributed by atoms with Gasteiger partial charge in [-0.2, -0.15) is 5.10 Å². The van der Waals surface area contributed by atoms with Crippen LogP contribution in [0.1, 0.15) is 40.1 Å². The summed E-state index contributed by atoms with van der Waals surface area (Å²) >= 11 is 6.38. The van der Waals surface area contributed by atoms with Gasteiger partial charge >= 0.3 is 0 Å². The number of ether oxygens (including phenoxy) is 1. The van der Waals surface area contributed by atoms with Crippen molar-refractivity contribution in [1.29, 1.82) is 0 Å². The lowest BCUT2D eigenvalue weighted by Crippen LogP contribution is -2.27. The second kappa shape index (κ2) is 10.3. The Hall–Kier alpha value is -4.01. The molecule has 1 aliphatic heterocycles.